The molecule has 0 saturated carbocycles. The summed E-state index contributed by atoms with van der Waals surface area (Å²) >= 11 is 3.72. The van der Waals surface area contributed by atoms with Crippen LogP contribution in [0.2, 0.25) is 0 Å². The van der Waals surface area contributed by atoms with Gasteiger partial charge in [0.25, 0.3) is 0 Å². The first-order valence-corrected chi connectivity index (χ1v) is 8.19. The SMILES string of the molecule is NNC(Cc1cccs1)C1CCCc2sccc21. The number of aryl methyl sites for hydroxylation is 1. The lowest BCUT2D eigenvalue weighted by atomic mass is 9.81. The van der Waals surface area contributed by atoms with Gasteiger partial charge < -0.3 is 0 Å². The van der Waals surface area contributed by atoms with Gasteiger partial charge in [-0.3, -0.25) is 11.3 Å². The quantitative estimate of drug-likeness (QED) is 0.665. The van der Waals surface area contributed by atoms with E-state index in [0.29, 0.717) is 12.0 Å². The molecule has 0 amide bonds. The van der Waals surface area contributed by atoms with Crippen molar-refractivity contribution in [2.24, 2.45) is 5.84 Å². The third-order valence-corrected chi connectivity index (χ3v) is 5.69. The number of nitrogens with one attached hydrogen (secondary N) is 1. The first-order chi connectivity index (χ1) is 8.88. The van der Waals surface area contributed by atoms with Crippen molar-refractivity contribution >= 4 is 22.7 Å². The molecule has 0 fully saturated rings. The summed E-state index contributed by atoms with van der Waals surface area (Å²) in [6.45, 7) is 0. The fourth-order valence-electron chi connectivity index (χ4n) is 2.90. The van der Waals surface area contributed by atoms with Crippen molar-refractivity contribution in [3.8, 4) is 0 Å². The zero-order chi connectivity index (χ0) is 12.4. The Bertz CT molecular complexity index is 490. The van der Waals surface area contributed by atoms with Crippen LogP contribution in [0.15, 0.2) is 29.0 Å². The molecule has 2 atom stereocenters. The molecule has 0 bridgehead atoms. The van der Waals surface area contributed by atoms with Crippen LogP contribution in [0.4, 0.5) is 0 Å². The van der Waals surface area contributed by atoms with Crippen molar-refractivity contribution in [3.05, 3.63) is 44.3 Å². The van der Waals surface area contributed by atoms with E-state index >= 15 is 0 Å². The highest BCUT2D eigenvalue weighted by Crippen LogP contribution is 2.37. The van der Waals surface area contributed by atoms with Gasteiger partial charge in [0.05, 0.1) is 0 Å². The van der Waals surface area contributed by atoms with Crippen molar-refractivity contribution in [2.75, 3.05) is 0 Å². The summed E-state index contributed by atoms with van der Waals surface area (Å²) in [6, 6.07) is 6.97. The third-order valence-electron chi connectivity index (χ3n) is 3.80. The number of rotatable bonds is 4. The second kappa shape index (κ2) is 5.53. The number of thiophene rings is 2. The minimum atomic E-state index is 0.359. The molecule has 2 aromatic rings. The predicted molar refractivity (Wildman–Crippen MR) is 79.1 cm³/mol. The molecule has 96 valence electrons. The minimum Gasteiger partial charge on any atom is -0.271 e. The molecule has 0 spiro atoms. The fourth-order valence-corrected chi connectivity index (χ4v) is 4.66. The molecule has 0 aromatic carbocycles. The Morgan fingerprint density at radius 1 is 1.33 bits per heavy atom. The second-order valence-electron chi connectivity index (χ2n) is 4.85. The number of hydrogen-bond acceptors (Lipinski definition) is 4. The van der Waals surface area contributed by atoms with Gasteiger partial charge in [-0.25, -0.2) is 0 Å². The molecular formula is C14H18N2S2. The van der Waals surface area contributed by atoms with E-state index in [9.17, 15) is 0 Å². The Morgan fingerprint density at radius 2 is 2.28 bits per heavy atom. The van der Waals surface area contributed by atoms with Crippen LogP contribution >= 0.6 is 22.7 Å². The minimum absolute atomic E-state index is 0.359. The Labute approximate surface area is 116 Å². The molecule has 2 nitrogen and oxygen atoms in total. The molecule has 0 saturated heterocycles. The van der Waals surface area contributed by atoms with Crippen molar-refractivity contribution in [3.63, 3.8) is 0 Å². The van der Waals surface area contributed by atoms with Crippen LogP contribution in [0.3, 0.4) is 0 Å². The normalized spacial score (nSPS) is 20.6. The van der Waals surface area contributed by atoms with E-state index < -0.39 is 0 Å². The highest BCUT2D eigenvalue weighted by molar-refractivity contribution is 7.10. The van der Waals surface area contributed by atoms with Gasteiger partial charge in [0.15, 0.2) is 0 Å². The van der Waals surface area contributed by atoms with Crippen LogP contribution in [0, 0.1) is 0 Å². The van der Waals surface area contributed by atoms with E-state index in [0.717, 1.165) is 6.42 Å². The van der Waals surface area contributed by atoms with Crippen LogP contribution in [-0.2, 0) is 12.8 Å². The summed E-state index contributed by atoms with van der Waals surface area (Å²) in [4.78, 5) is 2.98. The average molecular weight is 278 g/mol. The van der Waals surface area contributed by atoms with Gasteiger partial charge in [0.1, 0.15) is 0 Å². The standard InChI is InChI=1S/C14H18N2S2/c15-16-13(9-10-3-2-7-17-10)11-4-1-5-14-12(11)6-8-18-14/h2-3,6-8,11,13,16H,1,4-5,9,15H2. The van der Waals surface area contributed by atoms with Crippen LogP contribution < -0.4 is 11.3 Å². The molecule has 4 heteroatoms. The molecule has 0 radical (unpaired) electrons. The maximum Gasteiger partial charge on any atom is 0.0327 e. The fraction of sp³-hybridized carbons (Fsp3) is 0.429. The molecule has 2 unspecified atom stereocenters. The van der Waals surface area contributed by atoms with E-state index in [1.165, 1.54) is 29.7 Å². The highest BCUT2D eigenvalue weighted by Gasteiger charge is 2.28. The summed E-state index contributed by atoms with van der Waals surface area (Å²) in [5.41, 5.74) is 4.59. The van der Waals surface area contributed by atoms with Crippen molar-refractivity contribution < 1.29 is 0 Å². The van der Waals surface area contributed by atoms with Gasteiger partial charge in [0.2, 0.25) is 0 Å². The topological polar surface area (TPSA) is 38.0 Å². The van der Waals surface area contributed by atoms with Crippen molar-refractivity contribution in [1.29, 1.82) is 0 Å². The van der Waals surface area contributed by atoms with Crippen LogP contribution in [-0.4, -0.2) is 6.04 Å². The molecule has 1 aliphatic carbocycles. The lowest BCUT2D eigenvalue weighted by molar-refractivity contribution is 0.399. The summed E-state index contributed by atoms with van der Waals surface area (Å²) in [5, 5.41) is 4.36. The van der Waals surface area contributed by atoms with Gasteiger partial charge in [-0.1, -0.05) is 6.07 Å². The second-order valence-corrected chi connectivity index (χ2v) is 6.89. The van der Waals surface area contributed by atoms with Gasteiger partial charge in [-0.2, -0.15) is 0 Å². The average Bonchev–Trinajstić information content (AvgIpc) is 3.06. The van der Waals surface area contributed by atoms with Gasteiger partial charge in [-0.15, -0.1) is 22.7 Å². The number of fused-ring (bicyclic) bond motifs is 1. The van der Waals surface area contributed by atoms with Crippen molar-refractivity contribution in [1.82, 2.24) is 5.43 Å². The molecule has 18 heavy (non-hydrogen) atoms. The third kappa shape index (κ3) is 2.38. The first kappa shape index (κ1) is 12.4. The van der Waals surface area contributed by atoms with E-state index in [-0.39, 0.29) is 0 Å². The molecule has 2 heterocycles. The van der Waals surface area contributed by atoms with Crippen LogP contribution in [0.25, 0.3) is 0 Å². The Kier molecular flexibility index (Phi) is 3.80. The number of hydrazine groups is 1. The maximum absolute atomic E-state index is 5.80. The number of nitrogens with two attached hydrogens (primary N) is 1. The predicted octanol–water partition coefficient (Wildman–Crippen LogP) is 3.30. The first-order valence-electron chi connectivity index (χ1n) is 6.43. The van der Waals surface area contributed by atoms with E-state index in [1.54, 1.807) is 4.88 Å². The van der Waals surface area contributed by atoms with Crippen LogP contribution in [0.5, 0.6) is 0 Å². The van der Waals surface area contributed by atoms with E-state index in [1.807, 2.05) is 22.7 Å². The van der Waals surface area contributed by atoms with Gasteiger partial charge in [0, 0.05) is 21.7 Å². The van der Waals surface area contributed by atoms with Gasteiger partial charge in [-0.05, 0) is 54.1 Å². The van der Waals surface area contributed by atoms with Crippen molar-refractivity contribution in [2.45, 2.75) is 37.6 Å². The molecule has 0 aliphatic heterocycles. The largest absolute Gasteiger partial charge is 0.271 e. The molecule has 2 aromatic heterocycles. The monoisotopic (exact) mass is 278 g/mol. The zero-order valence-electron chi connectivity index (χ0n) is 10.3. The Morgan fingerprint density at radius 3 is 3.06 bits per heavy atom. The zero-order valence-corrected chi connectivity index (χ0v) is 11.9. The Hall–Kier alpha value is -0.680. The van der Waals surface area contributed by atoms with Crippen LogP contribution in [0.1, 0.15) is 34.1 Å². The van der Waals surface area contributed by atoms with E-state index in [2.05, 4.69) is 34.4 Å². The lowest BCUT2D eigenvalue weighted by Gasteiger charge is -2.30. The molecular weight excluding hydrogens is 260 g/mol. The highest BCUT2D eigenvalue weighted by atomic mass is 32.1. The maximum atomic E-state index is 5.80. The molecule has 3 N–H and O–H groups in total. The summed E-state index contributed by atoms with van der Waals surface area (Å²) < 4.78 is 0. The van der Waals surface area contributed by atoms with Gasteiger partial charge >= 0.3 is 0 Å². The molecule has 1 aliphatic rings. The summed E-state index contributed by atoms with van der Waals surface area (Å²) in [6.07, 6.45) is 4.83. The Balaban J connectivity index is 1.81. The lowest BCUT2D eigenvalue weighted by Crippen LogP contribution is -2.42. The number of hydrogen-bond donors (Lipinski definition) is 2. The smallest absolute Gasteiger partial charge is 0.0327 e. The van der Waals surface area contributed by atoms with E-state index in [4.69, 9.17) is 5.84 Å². The summed E-state index contributed by atoms with van der Waals surface area (Å²) in [5.74, 6) is 6.38. The molecule has 3 rings (SSSR count). The summed E-state index contributed by atoms with van der Waals surface area (Å²) in [7, 11) is 0.